The standard InChI is InChI=1S/C25H25ClN4O4S/c1-15-12-23(16(2)11-19(15)26)35(33,34)30-21-6-4-3-5-20(21)29-25(32)22(30)13-24(31)28-14-17-7-9-18(27)10-8-17/h3-12,22H,13-14,27H2,1-2H3,(H,28,31)(H,29,32). The van der Waals surface area contributed by atoms with Crippen molar-refractivity contribution in [1.29, 1.82) is 0 Å². The molecular weight excluding hydrogens is 488 g/mol. The number of anilines is 3. The highest BCUT2D eigenvalue weighted by molar-refractivity contribution is 7.93. The molecule has 0 bridgehead atoms. The number of carbonyl (C=O) groups is 2. The van der Waals surface area contributed by atoms with Crippen LogP contribution in [0.2, 0.25) is 5.02 Å². The third kappa shape index (κ3) is 4.96. The van der Waals surface area contributed by atoms with Crippen molar-refractivity contribution in [3.8, 4) is 0 Å². The Morgan fingerprint density at radius 1 is 1.09 bits per heavy atom. The van der Waals surface area contributed by atoms with Crippen molar-refractivity contribution in [3.05, 3.63) is 82.4 Å². The Bertz CT molecular complexity index is 1410. The van der Waals surface area contributed by atoms with Gasteiger partial charge in [-0.15, -0.1) is 0 Å². The number of rotatable bonds is 6. The van der Waals surface area contributed by atoms with E-state index < -0.39 is 27.9 Å². The number of benzene rings is 3. The summed E-state index contributed by atoms with van der Waals surface area (Å²) in [5.74, 6) is -1.05. The summed E-state index contributed by atoms with van der Waals surface area (Å²) in [6.45, 7) is 3.56. The molecule has 0 aromatic heterocycles. The summed E-state index contributed by atoms with van der Waals surface area (Å²) in [6, 6.07) is 15.4. The molecule has 0 spiro atoms. The fourth-order valence-electron chi connectivity index (χ4n) is 3.96. The molecule has 1 aliphatic rings. The van der Waals surface area contributed by atoms with Gasteiger partial charge in [0.1, 0.15) is 6.04 Å². The van der Waals surface area contributed by atoms with Crippen LogP contribution in [0.3, 0.4) is 0 Å². The maximum Gasteiger partial charge on any atom is 0.265 e. The summed E-state index contributed by atoms with van der Waals surface area (Å²) < 4.78 is 28.9. The molecule has 182 valence electrons. The number of nitrogens with zero attached hydrogens (tertiary/aromatic N) is 1. The van der Waals surface area contributed by atoms with Gasteiger partial charge < -0.3 is 16.4 Å². The predicted molar refractivity (Wildman–Crippen MR) is 137 cm³/mol. The second-order valence-electron chi connectivity index (χ2n) is 8.41. The minimum Gasteiger partial charge on any atom is -0.399 e. The molecule has 1 unspecified atom stereocenters. The highest BCUT2D eigenvalue weighted by atomic mass is 35.5. The van der Waals surface area contributed by atoms with E-state index in [9.17, 15) is 18.0 Å². The summed E-state index contributed by atoms with van der Waals surface area (Å²) in [6.07, 6.45) is -0.361. The number of sulfonamides is 1. The molecule has 8 nitrogen and oxygen atoms in total. The lowest BCUT2D eigenvalue weighted by atomic mass is 10.1. The van der Waals surface area contributed by atoms with Crippen molar-refractivity contribution in [1.82, 2.24) is 5.32 Å². The molecular formula is C25H25ClN4O4S. The van der Waals surface area contributed by atoms with Gasteiger partial charge in [0.15, 0.2) is 0 Å². The molecule has 1 heterocycles. The lowest BCUT2D eigenvalue weighted by Gasteiger charge is -2.37. The zero-order valence-corrected chi connectivity index (χ0v) is 20.8. The third-order valence-electron chi connectivity index (χ3n) is 5.83. The molecule has 0 aliphatic carbocycles. The molecule has 3 aromatic rings. The summed E-state index contributed by atoms with van der Waals surface area (Å²) in [5, 5.41) is 5.92. The molecule has 0 radical (unpaired) electrons. The average molecular weight is 513 g/mol. The van der Waals surface area contributed by atoms with Crippen molar-refractivity contribution >= 4 is 50.5 Å². The smallest absolute Gasteiger partial charge is 0.265 e. The minimum absolute atomic E-state index is 0.0242. The second-order valence-corrected chi connectivity index (χ2v) is 10.6. The van der Waals surface area contributed by atoms with Gasteiger partial charge >= 0.3 is 0 Å². The second kappa shape index (κ2) is 9.59. The number of fused-ring (bicyclic) bond motifs is 1. The van der Waals surface area contributed by atoms with Crippen molar-refractivity contribution in [2.75, 3.05) is 15.4 Å². The van der Waals surface area contributed by atoms with Gasteiger partial charge in [-0.1, -0.05) is 35.9 Å². The maximum absolute atomic E-state index is 13.9. The average Bonchev–Trinajstić information content (AvgIpc) is 2.81. The fourth-order valence-corrected chi connectivity index (χ4v) is 6.10. The first-order valence-electron chi connectivity index (χ1n) is 10.9. The molecule has 10 heteroatoms. The molecule has 1 aliphatic heterocycles. The molecule has 3 aromatic carbocycles. The first kappa shape index (κ1) is 24.6. The van der Waals surface area contributed by atoms with Crippen LogP contribution in [0.4, 0.5) is 17.1 Å². The molecule has 2 amide bonds. The topological polar surface area (TPSA) is 122 Å². The molecule has 35 heavy (non-hydrogen) atoms. The van der Waals surface area contributed by atoms with Crippen LogP contribution in [0.1, 0.15) is 23.1 Å². The van der Waals surface area contributed by atoms with E-state index in [1.165, 1.54) is 6.07 Å². The van der Waals surface area contributed by atoms with Crippen LogP contribution in [0.15, 0.2) is 65.6 Å². The van der Waals surface area contributed by atoms with Crippen LogP contribution in [0.5, 0.6) is 0 Å². The normalized spacial score (nSPS) is 15.3. The number of halogens is 1. The monoisotopic (exact) mass is 512 g/mol. The number of nitrogens with one attached hydrogen (secondary N) is 2. The summed E-state index contributed by atoms with van der Waals surface area (Å²) >= 11 is 6.19. The molecule has 0 saturated carbocycles. The Morgan fingerprint density at radius 3 is 2.49 bits per heavy atom. The summed E-state index contributed by atoms with van der Waals surface area (Å²) in [5.41, 5.74) is 8.78. The van der Waals surface area contributed by atoms with E-state index in [-0.39, 0.29) is 23.5 Å². The Hall–Kier alpha value is -3.56. The number of aryl methyl sites for hydroxylation is 2. The quantitative estimate of drug-likeness (QED) is 0.434. The van der Waals surface area contributed by atoms with E-state index in [1.807, 2.05) is 0 Å². The van der Waals surface area contributed by atoms with Gasteiger partial charge in [-0.3, -0.25) is 13.9 Å². The van der Waals surface area contributed by atoms with E-state index in [1.54, 1.807) is 68.4 Å². The minimum atomic E-state index is -4.22. The summed E-state index contributed by atoms with van der Waals surface area (Å²) in [7, 11) is -4.22. The Labute approximate surface area is 209 Å². The highest BCUT2D eigenvalue weighted by Gasteiger charge is 2.42. The van der Waals surface area contributed by atoms with Gasteiger partial charge in [0.05, 0.1) is 22.7 Å². The van der Waals surface area contributed by atoms with E-state index in [2.05, 4.69) is 10.6 Å². The number of hydrogen-bond donors (Lipinski definition) is 3. The van der Waals surface area contributed by atoms with Gasteiger partial charge in [0.25, 0.3) is 10.0 Å². The Balaban J connectivity index is 1.69. The van der Waals surface area contributed by atoms with E-state index in [0.29, 0.717) is 27.5 Å². The van der Waals surface area contributed by atoms with Crippen molar-refractivity contribution < 1.29 is 18.0 Å². The number of hydrogen-bond acceptors (Lipinski definition) is 5. The van der Waals surface area contributed by atoms with Crippen LogP contribution in [-0.2, 0) is 26.2 Å². The molecule has 0 saturated heterocycles. The molecule has 1 atom stereocenters. The van der Waals surface area contributed by atoms with Crippen LogP contribution < -0.4 is 20.7 Å². The van der Waals surface area contributed by atoms with Gasteiger partial charge in [-0.05, 0) is 66.9 Å². The fraction of sp³-hybridized carbons (Fsp3) is 0.200. The Morgan fingerprint density at radius 2 is 1.77 bits per heavy atom. The van der Waals surface area contributed by atoms with Crippen molar-refractivity contribution in [3.63, 3.8) is 0 Å². The van der Waals surface area contributed by atoms with E-state index in [4.69, 9.17) is 17.3 Å². The number of para-hydroxylation sites is 2. The molecule has 0 fully saturated rings. The lowest BCUT2D eigenvalue weighted by Crippen LogP contribution is -2.52. The maximum atomic E-state index is 13.9. The van der Waals surface area contributed by atoms with Gasteiger partial charge in [-0.2, -0.15) is 0 Å². The van der Waals surface area contributed by atoms with Crippen LogP contribution in [-0.4, -0.2) is 26.3 Å². The lowest BCUT2D eigenvalue weighted by molar-refractivity contribution is -0.125. The summed E-state index contributed by atoms with van der Waals surface area (Å²) in [4.78, 5) is 25.9. The molecule has 4 N–H and O–H groups in total. The first-order chi connectivity index (χ1) is 16.6. The van der Waals surface area contributed by atoms with Crippen LogP contribution >= 0.6 is 11.6 Å². The predicted octanol–water partition coefficient (Wildman–Crippen LogP) is 3.76. The molecule has 4 rings (SSSR count). The zero-order chi connectivity index (χ0) is 25.3. The van der Waals surface area contributed by atoms with Crippen molar-refractivity contribution in [2.24, 2.45) is 0 Å². The number of amides is 2. The highest BCUT2D eigenvalue weighted by Crippen LogP contribution is 2.38. The van der Waals surface area contributed by atoms with Crippen LogP contribution in [0, 0.1) is 13.8 Å². The SMILES string of the molecule is Cc1cc(S(=O)(=O)N2c3ccccc3NC(=O)C2CC(=O)NCc2ccc(N)cc2)c(C)cc1Cl. The van der Waals surface area contributed by atoms with Gasteiger partial charge in [0, 0.05) is 17.3 Å². The number of nitrogens with two attached hydrogens (primary N) is 1. The Kier molecular flexibility index (Phi) is 6.73. The van der Waals surface area contributed by atoms with E-state index in [0.717, 1.165) is 9.87 Å². The van der Waals surface area contributed by atoms with Gasteiger partial charge in [-0.25, -0.2) is 8.42 Å². The van der Waals surface area contributed by atoms with Crippen LogP contribution in [0.25, 0.3) is 0 Å². The largest absolute Gasteiger partial charge is 0.399 e. The number of nitrogen functional groups attached to an aromatic ring is 1. The zero-order valence-electron chi connectivity index (χ0n) is 19.2. The van der Waals surface area contributed by atoms with Gasteiger partial charge in [0.2, 0.25) is 11.8 Å². The third-order valence-corrected chi connectivity index (χ3v) is 8.20. The first-order valence-corrected chi connectivity index (χ1v) is 12.7. The number of carbonyl (C=O) groups excluding carboxylic acids is 2. The van der Waals surface area contributed by atoms with E-state index >= 15 is 0 Å². The van der Waals surface area contributed by atoms with Crippen molar-refractivity contribution in [2.45, 2.75) is 37.8 Å².